The van der Waals surface area contributed by atoms with Crippen LogP contribution in [0, 0.1) is 28.9 Å². The molecular weight excluding hydrogens is 401 g/mol. The van der Waals surface area contributed by atoms with Gasteiger partial charge < -0.3 is 5.73 Å². The second-order valence-electron chi connectivity index (χ2n) is 7.09. The fraction of sp³-hybridized carbons (Fsp3) is 0.300. The Bertz CT molecular complexity index is 1070. The maximum absolute atomic E-state index is 14.7. The summed E-state index contributed by atoms with van der Waals surface area (Å²) in [5.41, 5.74) is 4.58. The maximum atomic E-state index is 14.7. The molecule has 0 saturated heterocycles. The summed E-state index contributed by atoms with van der Waals surface area (Å²) in [7, 11) is 0. The number of hydrogen-bond acceptors (Lipinski definition) is 6. The van der Waals surface area contributed by atoms with Crippen molar-refractivity contribution in [1.29, 1.82) is 5.26 Å². The molecule has 0 bridgehead atoms. The number of benzene rings is 1. The summed E-state index contributed by atoms with van der Waals surface area (Å²) in [6.45, 7) is -1.01. The van der Waals surface area contributed by atoms with Gasteiger partial charge in [-0.1, -0.05) is 11.8 Å². The van der Waals surface area contributed by atoms with E-state index in [1.807, 2.05) is 6.07 Å². The van der Waals surface area contributed by atoms with Gasteiger partial charge in [0.15, 0.2) is 22.6 Å². The van der Waals surface area contributed by atoms with E-state index in [-0.39, 0.29) is 39.6 Å². The molecule has 2 N–H and O–H groups in total. The quantitative estimate of drug-likeness (QED) is 0.756. The van der Waals surface area contributed by atoms with Gasteiger partial charge in [-0.3, -0.25) is 9.78 Å². The van der Waals surface area contributed by atoms with Crippen molar-refractivity contribution in [2.75, 3.05) is 6.67 Å². The molecule has 1 aromatic heterocycles. The molecule has 5 nitrogen and oxygen atoms in total. The molecule has 0 amide bonds. The summed E-state index contributed by atoms with van der Waals surface area (Å²) >= 11 is 1.31. The van der Waals surface area contributed by atoms with E-state index in [4.69, 9.17) is 11.0 Å². The number of amidine groups is 1. The zero-order valence-corrected chi connectivity index (χ0v) is 15.8. The van der Waals surface area contributed by atoms with Crippen molar-refractivity contribution >= 4 is 22.7 Å². The molecule has 1 aliphatic carbocycles. The van der Waals surface area contributed by atoms with E-state index < -0.39 is 29.6 Å². The van der Waals surface area contributed by atoms with Crippen LogP contribution in [0.15, 0.2) is 35.5 Å². The summed E-state index contributed by atoms with van der Waals surface area (Å²) in [6, 6.07) is 6.94. The van der Waals surface area contributed by atoms with Gasteiger partial charge in [-0.2, -0.15) is 5.26 Å². The van der Waals surface area contributed by atoms with Gasteiger partial charge in [0.1, 0.15) is 24.0 Å². The zero-order chi connectivity index (χ0) is 20.8. The van der Waals surface area contributed by atoms with E-state index in [0.717, 1.165) is 6.07 Å². The third kappa shape index (κ3) is 3.38. The van der Waals surface area contributed by atoms with Crippen LogP contribution in [0.3, 0.4) is 0 Å². The number of nitrogens with zero attached hydrogens (tertiary/aromatic N) is 3. The van der Waals surface area contributed by atoms with E-state index in [1.165, 1.54) is 36.2 Å². The highest BCUT2D eigenvalue weighted by Gasteiger charge is 2.58. The number of Topliss-reactive ketones (excluding diaryl/α,β-unsaturated/α-hetero) is 1. The summed E-state index contributed by atoms with van der Waals surface area (Å²) in [6.07, 6.45) is 1.61. The number of rotatable bonds is 5. The molecule has 2 aromatic rings. The second-order valence-corrected chi connectivity index (χ2v) is 8.35. The second kappa shape index (κ2) is 7.19. The van der Waals surface area contributed by atoms with E-state index in [1.54, 1.807) is 0 Å². The number of fused-ring (bicyclic) bond motifs is 1. The number of ketones is 1. The number of nitriles is 1. The Morgan fingerprint density at radius 2 is 2.17 bits per heavy atom. The summed E-state index contributed by atoms with van der Waals surface area (Å²) < 4.78 is 43.2. The Kier molecular flexibility index (Phi) is 4.82. The van der Waals surface area contributed by atoms with Gasteiger partial charge in [0.2, 0.25) is 0 Å². The molecule has 29 heavy (non-hydrogen) atoms. The van der Waals surface area contributed by atoms with Gasteiger partial charge >= 0.3 is 0 Å². The number of hydrogen-bond donors (Lipinski definition) is 1. The lowest BCUT2D eigenvalue weighted by molar-refractivity contribution is 0.0988. The van der Waals surface area contributed by atoms with Gasteiger partial charge in [0.05, 0.1) is 5.56 Å². The highest BCUT2D eigenvalue weighted by Crippen LogP contribution is 2.58. The van der Waals surface area contributed by atoms with Crippen LogP contribution in [0.1, 0.15) is 33.6 Å². The third-order valence-electron chi connectivity index (χ3n) is 5.23. The topological polar surface area (TPSA) is 92.1 Å². The van der Waals surface area contributed by atoms with Crippen LogP contribution in [-0.2, 0) is 12.0 Å². The minimum atomic E-state index is -1.57. The van der Waals surface area contributed by atoms with Crippen molar-refractivity contribution in [3.8, 4) is 6.07 Å². The van der Waals surface area contributed by atoms with Crippen LogP contribution in [0.2, 0.25) is 0 Å². The van der Waals surface area contributed by atoms with Crippen molar-refractivity contribution in [3.63, 3.8) is 0 Å². The lowest BCUT2D eigenvalue weighted by atomic mass is 9.84. The van der Waals surface area contributed by atoms with Crippen LogP contribution >= 0.6 is 11.8 Å². The first-order valence-electron chi connectivity index (χ1n) is 8.83. The van der Waals surface area contributed by atoms with E-state index in [9.17, 15) is 18.0 Å². The number of aliphatic imine (C=N–C) groups is 1. The molecule has 4 rings (SSSR count). The van der Waals surface area contributed by atoms with E-state index in [0.29, 0.717) is 12.0 Å². The normalized spacial score (nSPS) is 25.0. The van der Waals surface area contributed by atoms with Crippen LogP contribution in [0.5, 0.6) is 0 Å². The SMILES string of the molecule is N#Cc1ccc(C(=O)Cc2cc(F)c(F)c([C@@]3(CF)N=C(N)S[C@H]4C[C@H]43)c2)nc1. The van der Waals surface area contributed by atoms with Gasteiger partial charge in [0.25, 0.3) is 0 Å². The number of pyridine rings is 1. The number of nitrogens with two attached hydrogens (primary N) is 1. The fourth-order valence-corrected chi connectivity index (χ4v) is 4.91. The molecule has 1 aliphatic heterocycles. The molecular formula is C20H15F3N4OS. The molecule has 2 aliphatic rings. The van der Waals surface area contributed by atoms with Crippen molar-refractivity contribution in [3.05, 3.63) is 64.5 Å². The van der Waals surface area contributed by atoms with Crippen molar-refractivity contribution in [2.24, 2.45) is 16.6 Å². The van der Waals surface area contributed by atoms with Crippen molar-refractivity contribution in [2.45, 2.75) is 23.6 Å². The van der Waals surface area contributed by atoms with Gasteiger partial charge in [-0.05, 0) is 36.2 Å². The molecule has 0 spiro atoms. The Balaban J connectivity index is 1.70. The third-order valence-corrected chi connectivity index (χ3v) is 6.38. The number of aromatic nitrogens is 1. The molecule has 2 heterocycles. The summed E-state index contributed by atoms with van der Waals surface area (Å²) in [5.74, 6) is -3.06. The number of carbonyl (C=O) groups is 1. The Morgan fingerprint density at radius 1 is 1.38 bits per heavy atom. The number of alkyl halides is 1. The summed E-state index contributed by atoms with van der Waals surface area (Å²) in [4.78, 5) is 20.6. The molecule has 0 radical (unpaired) electrons. The molecule has 1 aromatic carbocycles. The Hall–Kier alpha value is -2.86. The highest BCUT2D eigenvalue weighted by molar-refractivity contribution is 8.14. The molecule has 1 saturated carbocycles. The first-order chi connectivity index (χ1) is 13.9. The predicted octanol–water partition coefficient (Wildman–Crippen LogP) is 3.27. The monoisotopic (exact) mass is 416 g/mol. The summed E-state index contributed by atoms with van der Waals surface area (Å²) in [5, 5.41) is 8.97. The molecule has 0 unspecified atom stereocenters. The fourth-order valence-electron chi connectivity index (χ4n) is 3.69. The van der Waals surface area contributed by atoms with Crippen LogP contribution < -0.4 is 5.73 Å². The Labute approximate surface area is 168 Å². The van der Waals surface area contributed by atoms with Gasteiger partial charge in [-0.25, -0.2) is 18.2 Å². The smallest absolute Gasteiger partial charge is 0.185 e. The molecule has 1 fully saturated rings. The average molecular weight is 416 g/mol. The minimum Gasteiger partial charge on any atom is -0.379 e. The first-order valence-corrected chi connectivity index (χ1v) is 9.71. The molecule has 148 valence electrons. The minimum absolute atomic E-state index is 0.0267. The van der Waals surface area contributed by atoms with Crippen molar-refractivity contribution in [1.82, 2.24) is 4.98 Å². The van der Waals surface area contributed by atoms with Crippen LogP contribution in [-0.4, -0.2) is 27.9 Å². The highest BCUT2D eigenvalue weighted by atomic mass is 32.2. The van der Waals surface area contributed by atoms with Crippen molar-refractivity contribution < 1.29 is 18.0 Å². The lowest BCUT2D eigenvalue weighted by Crippen LogP contribution is -2.37. The number of halogens is 3. The average Bonchev–Trinajstić information content (AvgIpc) is 3.49. The van der Waals surface area contributed by atoms with Crippen LogP contribution in [0.4, 0.5) is 13.2 Å². The first kappa shape index (κ1) is 19.5. The molecule has 3 atom stereocenters. The van der Waals surface area contributed by atoms with Crippen LogP contribution in [0.25, 0.3) is 0 Å². The van der Waals surface area contributed by atoms with E-state index in [2.05, 4.69) is 9.98 Å². The lowest BCUT2D eigenvalue weighted by Gasteiger charge is -2.31. The molecule has 9 heteroatoms. The van der Waals surface area contributed by atoms with Gasteiger partial charge in [-0.15, -0.1) is 0 Å². The standard InChI is InChI=1S/C20H15F3N4OS/c21-9-20(12-6-17(12)29-19(25)27-20)13-3-11(4-14(22)18(13)23)5-16(28)15-2-1-10(7-24)8-26-15/h1-4,8,12,17H,5-6,9H2,(H2,25,27)/t12-,17+,20+/m1/s1. The maximum Gasteiger partial charge on any atom is 0.185 e. The number of carbonyl (C=O) groups excluding carboxylic acids is 1. The number of thioether (sulfide) groups is 1. The van der Waals surface area contributed by atoms with E-state index >= 15 is 0 Å². The largest absolute Gasteiger partial charge is 0.379 e. The Morgan fingerprint density at radius 3 is 2.83 bits per heavy atom. The van der Waals surface area contributed by atoms with Gasteiger partial charge in [0, 0.05) is 29.3 Å². The zero-order valence-electron chi connectivity index (χ0n) is 15.0. The predicted molar refractivity (Wildman–Crippen MR) is 102 cm³/mol.